The second-order valence-corrected chi connectivity index (χ2v) is 6.85. The SMILES string of the molecule is Cc1nc(C(C)NC(=O)C2CC(Cc3cccc(F)c3)=NO2)cs1. The Balaban J connectivity index is 1.53. The highest BCUT2D eigenvalue weighted by molar-refractivity contribution is 7.09. The Kier molecular flexibility index (Phi) is 4.89. The first-order valence-corrected chi connectivity index (χ1v) is 8.57. The molecule has 0 radical (unpaired) electrons. The highest BCUT2D eigenvalue weighted by Gasteiger charge is 2.29. The van der Waals surface area contributed by atoms with Crippen LogP contribution in [0.1, 0.15) is 35.7 Å². The van der Waals surface area contributed by atoms with E-state index in [1.165, 1.54) is 12.1 Å². The molecule has 24 heavy (non-hydrogen) atoms. The van der Waals surface area contributed by atoms with Crippen LogP contribution >= 0.6 is 11.3 Å². The van der Waals surface area contributed by atoms with Gasteiger partial charge in [-0.25, -0.2) is 9.37 Å². The predicted molar refractivity (Wildman–Crippen MR) is 90.4 cm³/mol. The summed E-state index contributed by atoms with van der Waals surface area (Å²) in [5.41, 5.74) is 2.38. The maximum absolute atomic E-state index is 13.2. The number of thiazole rings is 1. The number of nitrogens with one attached hydrogen (secondary N) is 1. The zero-order valence-electron chi connectivity index (χ0n) is 13.5. The zero-order valence-corrected chi connectivity index (χ0v) is 14.3. The van der Waals surface area contributed by atoms with Crippen LogP contribution in [0.15, 0.2) is 34.8 Å². The molecule has 2 unspecified atom stereocenters. The van der Waals surface area contributed by atoms with E-state index >= 15 is 0 Å². The van der Waals surface area contributed by atoms with Gasteiger partial charge in [-0.15, -0.1) is 11.3 Å². The molecular weight excluding hydrogens is 329 g/mol. The lowest BCUT2D eigenvalue weighted by atomic mass is 10.0. The van der Waals surface area contributed by atoms with E-state index in [9.17, 15) is 9.18 Å². The van der Waals surface area contributed by atoms with E-state index < -0.39 is 6.10 Å². The van der Waals surface area contributed by atoms with Crippen LogP contribution < -0.4 is 5.32 Å². The number of carbonyl (C=O) groups excluding carboxylic acids is 1. The number of carbonyl (C=O) groups is 1. The van der Waals surface area contributed by atoms with Gasteiger partial charge in [0.15, 0.2) is 0 Å². The average Bonchev–Trinajstić information content (AvgIpc) is 3.16. The maximum atomic E-state index is 13.2. The summed E-state index contributed by atoms with van der Waals surface area (Å²) in [5.74, 6) is -0.500. The summed E-state index contributed by atoms with van der Waals surface area (Å²) >= 11 is 1.55. The molecule has 1 aromatic carbocycles. The maximum Gasteiger partial charge on any atom is 0.264 e. The number of nitrogens with zero attached hydrogens (tertiary/aromatic N) is 2. The molecule has 2 aromatic rings. The van der Waals surface area contributed by atoms with Crippen LogP contribution in [0.3, 0.4) is 0 Å². The molecule has 1 N–H and O–H groups in total. The Hall–Kier alpha value is -2.28. The number of hydrogen-bond donors (Lipinski definition) is 1. The van der Waals surface area contributed by atoms with Gasteiger partial charge in [-0.1, -0.05) is 17.3 Å². The largest absolute Gasteiger partial charge is 0.382 e. The van der Waals surface area contributed by atoms with Crippen molar-refractivity contribution in [3.63, 3.8) is 0 Å². The first-order chi connectivity index (χ1) is 11.5. The lowest BCUT2D eigenvalue weighted by Gasteiger charge is -2.14. The van der Waals surface area contributed by atoms with E-state index in [1.807, 2.05) is 25.3 Å². The number of benzene rings is 1. The lowest BCUT2D eigenvalue weighted by Crippen LogP contribution is -2.36. The summed E-state index contributed by atoms with van der Waals surface area (Å²) in [4.78, 5) is 21.9. The van der Waals surface area contributed by atoms with Crippen LogP contribution in [0.4, 0.5) is 4.39 Å². The van der Waals surface area contributed by atoms with Gasteiger partial charge in [0.05, 0.1) is 22.5 Å². The molecular formula is C17H18FN3O2S. The molecule has 1 amide bonds. The van der Waals surface area contributed by atoms with Crippen LogP contribution in [0, 0.1) is 12.7 Å². The fraction of sp³-hybridized carbons (Fsp3) is 0.353. The molecule has 126 valence electrons. The molecule has 1 aliphatic rings. The van der Waals surface area contributed by atoms with Crippen LogP contribution in [-0.4, -0.2) is 22.7 Å². The van der Waals surface area contributed by atoms with E-state index in [4.69, 9.17) is 4.84 Å². The van der Waals surface area contributed by atoms with E-state index in [2.05, 4.69) is 15.5 Å². The topological polar surface area (TPSA) is 63.6 Å². The standard InChI is InChI=1S/C17H18FN3O2S/c1-10(15-9-24-11(2)20-15)19-17(22)16-8-14(21-23-16)7-12-4-3-5-13(18)6-12/h3-6,9-10,16H,7-8H2,1-2H3,(H,19,22). The third-order valence-corrected chi connectivity index (χ3v) is 4.55. The lowest BCUT2D eigenvalue weighted by molar-refractivity contribution is -0.131. The fourth-order valence-corrected chi connectivity index (χ4v) is 3.22. The average molecular weight is 347 g/mol. The number of oxime groups is 1. The molecule has 0 fully saturated rings. The molecule has 0 bridgehead atoms. The van der Waals surface area contributed by atoms with E-state index in [-0.39, 0.29) is 17.8 Å². The van der Waals surface area contributed by atoms with Crippen molar-refractivity contribution in [3.05, 3.63) is 51.7 Å². The van der Waals surface area contributed by atoms with Gasteiger partial charge in [0.2, 0.25) is 6.10 Å². The molecule has 0 saturated carbocycles. The van der Waals surface area contributed by atoms with Crippen molar-refractivity contribution in [2.24, 2.45) is 5.16 Å². The van der Waals surface area contributed by atoms with Gasteiger partial charge in [0.25, 0.3) is 5.91 Å². The molecule has 1 aromatic heterocycles. The second kappa shape index (κ2) is 7.09. The first-order valence-electron chi connectivity index (χ1n) is 7.69. The zero-order chi connectivity index (χ0) is 17.1. The minimum Gasteiger partial charge on any atom is -0.382 e. The Morgan fingerprint density at radius 1 is 1.54 bits per heavy atom. The second-order valence-electron chi connectivity index (χ2n) is 5.78. The summed E-state index contributed by atoms with van der Waals surface area (Å²) in [5, 5.41) is 9.75. The van der Waals surface area contributed by atoms with Crippen LogP contribution in [0.5, 0.6) is 0 Å². The molecule has 0 aliphatic carbocycles. The van der Waals surface area contributed by atoms with Crippen molar-refractivity contribution in [1.82, 2.24) is 10.3 Å². The molecule has 5 nitrogen and oxygen atoms in total. The highest BCUT2D eigenvalue weighted by Crippen LogP contribution is 2.19. The monoisotopic (exact) mass is 347 g/mol. The number of amides is 1. The first kappa shape index (κ1) is 16.6. The Labute approximate surface area is 143 Å². The number of aromatic nitrogens is 1. The molecule has 3 rings (SSSR count). The van der Waals surface area contributed by atoms with Crippen LogP contribution in [0.2, 0.25) is 0 Å². The number of hydrogen-bond acceptors (Lipinski definition) is 5. The summed E-state index contributed by atoms with van der Waals surface area (Å²) in [6.45, 7) is 3.81. The molecule has 2 atom stereocenters. The van der Waals surface area contributed by atoms with Crippen molar-refractivity contribution in [2.75, 3.05) is 0 Å². The van der Waals surface area contributed by atoms with Crippen molar-refractivity contribution >= 4 is 23.0 Å². The van der Waals surface area contributed by atoms with E-state index in [0.717, 1.165) is 22.0 Å². The highest BCUT2D eigenvalue weighted by atomic mass is 32.1. The molecule has 2 heterocycles. The third kappa shape index (κ3) is 3.97. The van der Waals surface area contributed by atoms with Crippen molar-refractivity contribution in [3.8, 4) is 0 Å². The summed E-state index contributed by atoms with van der Waals surface area (Å²) in [6, 6.07) is 6.16. The Morgan fingerprint density at radius 3 is 3.08 bits per heavy atom. The smallest absolute Gasteiger partial charge is 0.264 e. The summed E-state index contributed by atoms with van der Waals surface area (Å²) in [7, 11) is 0. The van der Waals surface area contributed by atoms with Crippen LogP contribution in [0.25, 0.3) is 0 Å². The quantitative estimate of drug-likeness (QED) is 0.904. The fourth-order valence-electron chi connectivity index (χ4n) is 2.51. The van der Waals surface area contributed by atoms with E-state index in [1.54, 1.807) is 17.4 Å². The minimum atomic E-state index is -0.643. The Bertz CT molecular complexity index is 775. The summed E-state index contributed by atoms with van der Waals surface area (Å²) < 4.78 is 13.2. The van der Waals surface area contributed by atoms with Gasteiger partial charge in [-0.2, -0.15) is 0 Å². The van der Waals surface area contributed by atoms with Gasteiger partial charge in [0.1, 0.15) is 5.82 Å². The van der Waals surface area contributed by atoms with Gasteiger partial charge < -0.3 is 10.2 Å². The molecule has 0 saturated heterocycles. The molecule has 7 heteroatoms. The van der Waals surface area contributed by atoms with Gasteiger partial charge in [0, 0.05) is 18.2 Å². The van der Waals surface area contributed by atoms with E-state index in [0.29, 0.717) is 12.8 Å². The molecule has 0 spiro atoms. The number of rotatable bonds is 5. The number of aryl methyl sites for hydroxylation is 1. The van der Waals surface area contributed by atoms with Crippen molar-refractivity contribution in [2.45, 2.75) is 38.8 Å². The van der Waals surface area contributed by atoms with Gasteiger partial charge in [-0.3, -0.25) is 4.79 Å². The number of halogens is 1. The van der Waals surface area contributed by atoms with Crippen molar-refractivity contribution < 1.29 is 14.0 Å². The minimum absolute atomic E-state index is 0.182. The third-order valence-electron chi connectivity index (χ3n) is 3.76. The van der Waals surface area contributed by atoms with Crippen LogP contribution in [-0.2, 0) is 16.1 Å². The Morgan fingerprint density at radius 2 is 2.38 bits per heavy atom. The predicted octanol–water partition coefficient (Wildman–Crippen LogP) is 3.16. The summed E-state index contributed by atoms with van der Waals surface area (Å²) in [6.07, 6.45) is 0.240. The van der Waals surface area contributed by atoms with Crippen molar-refractivity contribution in [1.29, 1.82) is 0 Å². The normalized spacial score (nSPS) is 18.0. The van der Waals surface area contributed by atoms with Gasteiger partial charge in [-0.05, 0) is 31.5 Å². The van der Waals surface area contributed by atoms with Gasteiger partial charge >= 0.3 is 0 Å². The molecule has 1 aliphatic heterocycles.